The predicted molar refractivity (Wildman–Crippen MR) is 66.7 cm³/mol. The van der Waals surface area contributed by atoms with E-state index in [2.05, 4.69) is 15.4 Å². The second-order valence-electron chi connectivity index (χ2n) is 3.67. The number of nitro benzene ring substituents is 1. The molecule has 2 rings (SSSR count). The molecule has 7 heteroatoms. The number of rotatable bonds is 3. The molecule has 0 bridgehead atoms. The Hall–Kier alpha value is -2.54. The molecule has 1 aromatic heterocycles. The molecule has 0 aliphatic carbocycles. The van der Waals surface area contributed by atoms with Crippen LogP contribution in [0, 0.1) is 17.0 Å². The second kappa shape index (κ2) is 4.76. The molecule has 7 nitrogen and oxygen atoms in total. The maximum atomic E-state index is 10.8. The Bertz CT molecular complexity index is 600. The standard InChI is InChI=1S/C11H11N5O2/c1-7-2-3-8(16(17)18)6-9(7)11-13-5-4-10(14-11)15-12/h2-6H,12H2,1H3,(H,13,14,15). The van der Waals surface area contributed by atoms with Crippen molar-refractivity contribution in [3.8, 4) is 11.4 Å². The highest BCUT2D eigenvalue weighted by atomic mass is 16.6. The Morgan fingerprint density at radius 2 is 2.17 bits per heavy atom. The fourth-order valence-electron chi connectivity index (χ4n) is 1.53. The van der Waals surface area contributed by atoms with Crippen LogP contribution in [0.3, 0.4) is 0 Å². The summed E-state index contributed by atoms with van der Waals surface area (Å²) in [7, 11) is 0. The Balaban J connectivity index is 2.54. The van der Waals surface area contributed by atoms with Gasteiger partial charge in [-0.25, -0.2) is 15.8 Å². The molecular weight excluding hydrogens is 234 g/mol. The third kappa shape index (κ3) is 2.25. The van der Waals surface area contributed by atoms with Crippen LogP contribution in [0.5, 0.6) is 0 Å². The molecule has 0 aliphatic rings. The summed E-state index contributed by atoms with van der Waals surface area (Å²) >= 11 is 0. The minimum absolute atomic E-state index is 0.00492. The van der Waals surface area contributed by atoms with Crippen molar-refractivity contribution in [2.24, 2.45) is 5.84 Å². The predicted octanol–water partition coefficient (Wildman–Crippen LogP) is 1.65. The van der Waals surface area contributed by atoms with E-state index in [0.717, 1.165) is 5.56 Å². The maximum Gasteiger partial charge on any atom is 0.270 e. The fraction of sp³-hybridized carbons (Fsp3) is 0.0909. The highest BCUT2D eigenvalue weighted by Crippen LogP contribution is 2.25. The number of nitrogens with two attached hydrogens (primary N) is 1. The van der Waals surface area contributed by atoms with Gasteiger partial charge in [0.15, 0.2) is 5.82 Å². The lowest BCUT2D eigenvalue weighted by Gasteiger charge is -2.05. The van der Waals surface area contributed by atoms with E-state index in [1.54, 1.807) is 12.1 Å². The third-order valence-corrected chi connectivity index (χ3v) is 2.48. The van der Waals surface area contributed by atoms with Crippen LogP contribution in [0.25, 0.3) is 11.4 Å². The summed E-state index contributed by atoms with van der Waals surface area (Å²) in [6, 6.07) is 6.17. The van der Waals surface area contributed by atoms with Gasteiger partial charge in [-0.15, -0.1) is 0 Å². The molecule has 2 aromatic rings. The summed E-state index contributed by atoms with van der Waals surface area (Å²) in [4.78, 5) is 18.5. The quantitative estimate of drug-likeness (QED) is 0.483. The molecule has 0 spiro atoms. The SMILES string of the molecule is Cc1ccc([N+](=O)[O-])cc1-c1nccc(NN)n1. The van der Waals surface area contributed by atoms with Gasteiger partial charge in [0, 0.05) is 30.0 Å². The lowest BCUT2D eigenvalue weighted by atomic mass is 10.1. The zero-order valence-electron chi connectivity index (χ0n) is 9.62. The van der Waals surface area contributed by atoms with Gasteiger partial charge in [0.25, 0.3) is 5.69 Å². The molecule has 0 radical (unpaired) electrons. The van der Waals surface area contributed by atoms with Crippen LogP contribution in [0.15, 0.2) is 30.5 Å². The van der Waals surface area contributed by atoms with Gasteiger partial charge in [-0.05, 0) is 12.5 Å². The number of nitrogens with one attached hydrogen (secondary N) is 1. The molecule has 0 aliphatic heterocycles. The monoisotopic (exact) mass is 245 g/mol. The number of nitrogen functional groups attached to an aromatic ring is 1. The highest BCUT2D eigenvalue weighted by Gasteiger charge is 2.12. The van der Waals surface area contributed by atoms with E-state index < -0.39 is 4.92 Å². The van der Waals surface area contributed by atoms with Crippen LogP contribution in [0.2, 0.25) is 0 Å². The molecule has 0 saturated heterocycles. The number of hydrogen-bond acceptors (Lipinski definition) is 6. The van der Waals surface area contributed by atoms with Crippen molar-refractivity contribution in [1.29, 1.82) is 0 Å². The number of aromatic nitrogens is 2. The van der Waals surface area contributed by atoms with E-state index in [4.69, 9.17) is 5.84 Å². The van der Waals surface area contributed by atoms with Crippen molar-refractivity contribution >= 4 is 11.5 Å². The first kappa shape index (κ1) is 11.9. The molecule has 18 heavy (non-hydrogen) atoms. The Kier molecular flexibility index (Phi) is 3.16. The van der Waals surface area contributed by atoms with Crippen molar-refractivity contribution in [3.63, 3.8) is 0 Å². The van der Waals surface area contributed by atoms with Crippen molar-refractivity contribution in [3.05, 3.63) is 46.1 Å². The minimum atomic E-state index is -0.450. The molecule has 0 fully saturated rings. The third-order valence-electron chi connectivity index (χ3n) is 2.48. The normalized spacial score (nSPS) is 10.1. The lowest BCUT2D eigenvalue weighted by molar-refractivity contribution is -0.384. The lowest BCUT2D eigenvalue weighted by Crippen LogP contribution is -2.09. The summed E-state index contributed by atoms with van der Waals surface area (Å²) < 4.78 is 0. The highest BCUT2D eigenvalue weighted by molar-refractivity contribution is 5.64. The van der Waals surface area contributed by atoms with Gasteiger partial charge >= 0.3 is 0 Å². The smallest absolute Gasteiger partial charge is 0.270 e. The van der Waals surface area contributed by atoms with E-state index >= 15 is 0 Å². The molecule has 1 heterocycles. The number of anilines is 1. The van der Waals surface area contributed by atoms with E-state index in [0.29, 0.717) is 17.2 Å². The zero-order valence-corrected chi connectivity index (χ0v) is 9.62. The van der Waals surface area contributed by atoms with Gasteiger partial charge in [-0.2, -0.15) is 0 Å². The van der Waals surface area contributed by atoms with Crippen LogP contribution in [-0.2, 0) is 0 Å². The molecular formula is C11H11N5O2. The van der Waals surface area contributed by atoms with Crippen LogP contribution in [-0.4, -0.2) is 14.9 Å². The first-order chi connectivity index (χ1) is 8.61. The molecule has 0 unspecified atom stereocenters. The van der Waals surface area contributed by atoms with Crippen molar-refractivity contribution in [2.75, 3.05) is 5.43 Å². The van der Waals surface area contributed by atoms with Gasteiger partial charge in [0.1, 0.15) is 5.82 Å². The van der Waals surface area contributed by atoms with E-state index in [1.165, 1.54) is 18.3 Å². The maximum absolute atomic E-state index is 10.8. The molecule has 92 valence electrons. The van der Waals surface area contributed by atoms with Crippen LogP contribution in [0.1, 0.15) is 5.56 Å². The van der Waals surface area contributed by atoms with Gasteiger partial charge in [-0.1, -0.05) is 6.07 Å². The first-order valence-corrected chi connectivity index (χ1v) is 5.17. The van der Waals surface area contributed by atoms with Gasteiger partial charge < -0.3 is 5.43 Å². The number of hydrazine groups is 1. The van der Waals surface area contributed by atoms with E-state index in [1.807, 2.05) is 6.92 Å². The average Bonchev–Trinajstić information content (AvgIpc) is 2.39. The van der Waals surface area contributed by atoms with Crippen molar-refractivity contribution in [2.45, 2.75) is 6.92 Å². The minimum Gasteiger partial charge on any atom is -0.308 e. The summed E-state index contributed by atoms with van der Waals surface area (Å²) in [5.74, 6) is 6.11. The molecule has 0 amide bonds. The van der Waals surface area contributed by atoms with E-state index in [9.17, 15) is 10.1 Å². The zero-order chi connectivity index (χ0) is 13.1. The largest absolute Gasteiger partial charge is 0.308 e. The Labute approximate surface area is 103 Å². The van der Waals surface area contributed by atoms with Crippen molar-refractivity contribution < 1.29 is 4.92 Å². The Morgan fingerprint density at radius 1 is 1.39 bits per heavy atom. The summed E-state index contributed by atoms with van der Waals surface area (Å²) in [5, 5.41) is 10.8. The van der Waals surface area contributed by atoms with Gasteiger partial charge in [0.2, 0.25) is 0 Å². The number of aryl methyl sites for hydroxylation is 1. The summed E-state index contributed by atoms with van der Waals surface area (Å²) in [5.41, 5.74) is 3.88. The molecule has 0 saturated carbocycles. The fourth-order valence-corrected chi connectivity index (χ4v) is 1.53. The van der Waals surface area contributed by atoms with Crippen molar-refractivity contribution in [1.82, 2.24) is 9.97 Å². The molecule has 0 atom stereocenters. The number of nitro groups is 1. The molecule has 1 aromatic carbocycles. The number of non-ortho nitro benzene ring substituents is 1. The average molecular weight is 245 g/mol. The first-order valence-electron chi connectivity index (χ1n) is 5.17. The van der Waals surface area contributed by atoms with Crippen LogP contribution >= 0.6 is 0 Å². The van der Waals surface area contributed by atoms with Gasteiger partial charge in [0.05, 0.1) is 4.92 Å². The number of hydrogen-bond donors (Lipinski definition) is 2. The molecule has 3 N–H and O–H groups in total. The second-order valence-corrected chi connectivity index (χ2v) is 3.67. The Morgan fingerprint density at radius 3 is 2.83 bits per heavy atom. The summed E-state index contributed by atoms with van der Waals surface area (Å²) in [6.07, 6.45) is 1.54. The van der Waals surface area contributed by atoms with E-state index in [-0.39, 0.29) is 5.69 Å². The van der Waals surface area contributed by atoms with Crippen LogP contribution in [0.4, 0.5) is 11.5 Å². The van der Waals surface area contributed by atoms with Crippen LogP contribution < -0.4 is 11.3 Å². The number of benzene rings is 1. The number of nitrogens with zero attached hydrogens (tertiary/aromatic N) is 3. The topological polar surface area (TPSA) is 107 Å². The summed E-state index contributed by atoms with van der Waals surface area (Å²) in [6.45, 7) is 1.84. The van der Waals surface area contributed by atoms with Gasteiger partial charge in [-0.3, -0.25) is 10.1 Å².